The van der Waals surface area contributed by atoms with Crippen LogP contribution in [0.4, 0.5) is 0 Å². The Bertz CT molecular complexity index is 2630. The molecule has 0 aliphatic rings. The fourth-order valence-electron chi connectivity index (χ4n) is 7.70. The first-order chi connectivity index (χ1) is 20.5. The number of rotatable bonds is 0. The van der Waals surface area contributed by atoms with Crippen molar-refractivity contribution < 1.29 is 0 Å². The van der Waals surface area contributed by atoms with Crippen molar-refractivity contribution in [2.24, 2.45) is 0 Å². The molecule has 0 aromatic heterocycles. The van der Waals surface area contributed by atoms with E-state index in [9.17, 15) is 0 Å². The Balaban J connectivity index is 1.51. The molecule has 0 aliphatic carbocycles. The second-order valence-corrected chi connectivity index (χ2v) is 12.8. The van der Waals surface area contributed by atoms with Crippen LogP contribution < -0.4 is 0 Å². The summed E-state index contributed by atoms with van der Waals surface area (Å²) in [5.41, 5.74) is 0. The summed E-state index contributed by atoms with van der Waals surface area (Å²) in [5.74, 6) is 0. The first kappa shape index (κ1) is 23.7. The Morgan fingerprint density at radius 2 is 0.524 bits per heavy atom. The maximum atomic E-state index is 7.22. The van der Waals surface area contributed by atoms with Crippen LogP contribution >= 0.6 is 46.4 Å². The molecule has 0 N–H and O–H groups in total. The molecule has 0 bridgehead atoms. The van der Waals surface area contributed by atoms with Crippen molar-refractivity contribution in [1.82, 2.24) is 0 Å². The molecule has 196 valence electrons. The average Bonchev–Trinajstić information content (AvgIpc) is 3.54. The molecule has 10 rings (SSSR count). The van der Waals surface area contributed by atoms with E-state index in [0.29, 0.717) is 0 Å². The molecule has 10 aromatic carbocycles. The Morgan fingerprint density at radius 3 is 0.881 bits per heavy atom. The summed E-state index contributed by atoms with van der Waals surface area (Å²) in [7, 11) is 0. The fraction of sp³-hybridized carbons (Fsp3) is 0. The largest absolute Gasteiger partial charge is 0.0830 e. The van der Waals surface area contributed by atoms with Crippen molar-refractivity contribution >= 4 is 143 Å². The molecular weight excluding hydrogens is 598 g/mol. The van der Waals surface area contributed by atoms with E-state index < -0.39 is 0 Å². The quantitative estimate of drug-likeness (QED) is 0.149. The number of fused-ring (bicyclic) bond motifs is 11. The molecule has 0 unspecified atom stereocenters. The molecule has 0 aliphatic heterocycles. The molecule has 0 radical (unpaired) electrons. The van der Waals surface area contributed by atoms with Gasteiger partial charge in [0, 0.05) is 43.1 Å². The van der Waals surface area contributed by atoms with Gasteiger partial charge in [-0.2, -0.15) is 0 Å². The fourth-order valence-corrected chi connectivity index (χ4v) is 9.14. The van der Waals surface area contributed by atoms with Gasteiger partial charge < -0.3 is 0 Å². The Labute approximate surface area is 259 Å². The van der Waals surface area contributed by atoms with Crippen LogP contribution in [-0.2, 0) is 0 Å². The summed E-state index contributed by atoms with van der Waals surface area (Å²) in [6.07, 6.45) is 0. The van der Waals surface area contributed by atoms with Crippen LogP contribution in [0.5, 0.6) is 0 Å². The van der Waals surface area contributed by atoms with Gasteiger partial charge >= 0.3 is 0 Å². The minimum Gasteiger partial charge on any atom is -0.0830 e. The molecule has 42 heavy (non-hydrogen) atoms. The lowest BCUT2D eigenvalue weighted by Crippen LogP contribution is -1.82. The maximum absolute atomic E-state index is 7.22. The number of hydrogen-bond acceptors (Lipinski definition) is 0. The number of hydrogen-bond donors (Lipinski definition) is 0. The van der Waals surface area contributed by atoms with Crippen molar-refractivity contribution in [1.29, 1.82) is 0 Å². The summed E-state index contributed by atoms with van der Waals surface area (Å²) in [6.45, 7) is 0. The maximum Gasteiger partial charge on any atom is 0.0570 e. The number of halogens is 4. The topological polar surface area (TPSA) is 0 Å². The van der Waals surface area contributed by atoms with Crippen molar-refractivity contribution in [2.75, 3.05) is 0 Å². The number of benzene rings is 8. The van der Waals surface area contributed by atoms with E-state index in [1.54, 1.807) is 0 Å². The van der Waals surface area contributed by atoms with E-state index in [1.807, 2.05) is 36.4 Å². The van der Waals surface area contributed by atoms with Gasteiger partial charge in [-0.15, -0.1) is 0 Å². The third-order valence-electron chi connectivity index (χ3n) is 9.37. The lowest BCUT2D eigenvalue weighted by Gasteiger charge is -2.10. The highest BCUT2D eigenvalue weighted by atomic mass is 35.5. The smallest absolute Gasteiger partial charge is 0.0570 e. The van der Waals surface area contributed by atoms with E-state index >= 15 is 0 Å². The van der Waals surface area contributed by atoms with Crippen molar-refractivity contribution in [3.63, 3.8) is 0 Å². The van der Waals surface area contributed by atoms with Crippen LogP contribution in [0.15, 0.2) is 97.1 Å². The van der Waals surface area contributed by atoms with E-state index in [1.165, 1.54) is 32.3 Å². The second-order valence-electron chi connectivity index (χ2n) is 11.2. The Hall–Kier alpha value is -3.78. The summed E-state index contributed by atoms with van der Waals surface area (Å²) >= 11 is 28.8. The lowest BCUT2D eigenvalue weighted by atomic mass is 9.93. The zero-order valence-corrected chi connectivity index (χ0v) is 24.8. The van der Waals surface area contributed by atoms with Crippen molar-refractivity contribution in [3.05, 3.63) is 117 Å². The second kappa shape index (κ2) is 7.98. The lowest BCUT2D eigenvalue weighted by molar-refractivity contribution is 1.81. The summed E-state index contributed by atoms with van der Waals surface area (Å²) in [4.78, 5) is 0. The normalized spacial score (nSPS) is 12.8. The molecular formula is C38H16Cl4. The van der Waals surface area contributed by atoms with Gasteiger partial charge in [-0.25, -0.2) is 0 Å². The molecule has 0 atom stereocenters. The third-order valence-corrected chi connectivity index (χ3v) is 10.9. The van der Waals surface area contributed by atoms with Crippen LogP contribution in [-0.4, -0.2) is 0 Å². The van der Waals surface area contributed by atoms with Crippen molar-refractivity contribution in [3.8, 4) is 0 Å². The van der Waals surface area contributed by atoms with Gasteiger partial charge in [0.25, 0.3) is 0 Å². The molecule has 0 saturated heterocycles. The van der Waals surface area contributed by atoms with Gasteiger partial charge in [-0.1, -0.05) is 131 Å². The van der Waals surface area contributed by atoms with Crippen LogP contribution in [0.1, 0.15) is 0 Å². The van der Waals surface area contributed by atoms with E-state index in [-0.39, 0.29) is 0 Å². The first-order valence-electron chi connectivity index (χ1n) is 13.8. The van der Waals surface area contributed by atoms with Crippen LogP contribution in [0.3, 0.4) is 0 Å². The summed E-state index contributed by atoms with van der Waals surface area (Å²) < 4.78 is 0. The van der Waals surface area contributed by atoms with Crippen LogP contribution in [0.25, 0.3) is 97.0 Å². The minimum atomic E-state index is 0.741. The molecule has 4 heteroatoms. The summed E-state index contributed by atoms with van der Waals surface area (Å²) in [5, 5.41) is 22.5. The zero-order valence-electron chi connectivity index (χ0n) is 21.7. The molecule has 0 amide bonds. The molecule has 0 spiro atoms. The highest BCUT2D eigenvalue weighted by Gasteiger charge is 2.25. The minimum absolute atomic E-state index is 0.741. The first-order valence-corrected chi connectivity index (χ1v) is 15.3. The molecule has 0 nitrogen and oxygen atoms in total. The molecule has 0 fully saturated rings. The molecule has 0 saturated carbocycles. The third kappa shape index (κ3) is 2.65. The van der Waals surface area contributed by atoms with Gasteiger partial charge in [0.05, 0.1) is 20.1 Å². The zero-order chi connectivity index (χ0) is 28.0. The van der Waals surface area contributed by atoms with Gasteiger partial charge in [0.1, 0.15) is 0 Å². The van der Waals surface area contributed by atoms with Gasteiger partial charge in [-0.05, 0) is 66.0 Å². The van der Waals surface area contributed by atoms with E-state index in [4.69, 9.17) is 46.4 Å². The highest BCUT2D eigenvalue weighted by Crippen LogP contribution is 2.53. The standard InChI is InChI=1S/C38H16Cl4/c39-35-19-7-1-3-9-21(19)37(41)33-27-15-25-18-12-6-14-24-30(18)28(16-26(25)17-11-5-13-23(29(17)27)31(33)35)34-32(24)36(40)20-8-2-4-10-22(20)38(34)42/h1-16H. The SMILES string of the molecule is Clc1c2ccccc2c(Cl)c2c3cc4c(cc5c6c(Cl)c7ccccc7c(Cl)c6c6cccc4c65)c4cccc(c12)c43. The monoisotopic (exact) mass is 612 g/mol. The van der Waals surface area contributed by atoms with E-state index in [0.717, 1.165) is 84.7 Å². The van der Waals surface area contributed by atoms with Gasteiger partial charge in [0.15, 0.2) is 0 Å². The van der Waals surface area contributed by atoms with Gasteiger partial charge in [0.2, 0.25) is 0 Å². The van der Waals surface area contributed by atoms with Crippen molar-refractivity contribution in [2.45, 2.75) is 0 Å². The van der Waals surface area contributed by atoms with Crippen LogP contribution in [0.2, 0.25) is 20.1 Å². The average molecular weight is 614 g/mol. The van der Waals surface area contributed by atoms with Gasteiger partial charge in [-0.3, -0.25) is 0 Å². The van der Waals surface area contributed by atoms with Crippen LogP contribution in [0, 0.1) is 0 Å². The Morgan fingerprint density at radius 1 is 0.238 bits per heavy atom. The Kier molecular flexibility index (Phi) is 4.51. The highest BCUT2D eigenvalue weighted by molar-refractivity contribution is 6.56. The van der Waals surface area contributed by atoms with E-state index in [2.05, 4.69) is 60.7 Å². The predicted molar refractivity (Wildman–Crippen MR) is 186 cm³/mol. The molecule has 0 heterocycles. The molecule has 10 aromatic rings. The summed E-state index contributed by atoms with van der Waals surface area (Å²) in [6, 6.07) is 33.9. The predicted octanol–water partition coefficient (Wildman–Crippen LogP) is 13.6.